The minimum Gasteiger partial charge on any atom is -0.395 e. The van der Waals surface area contributed by atoms with E-state index in [9.17, 15) is 27.9 Å². The number of likely N-dealkylation sites (tertiary alicyclic amines) is 2. The molecule has 8 nitrogen and oxygen atoms in total. The number of carbonyl (C=O) groups is 2. The first-order valence-electron chi connectivity index (χ1n) is 17.3. The number of aryl methyl sites for hydroxylation is 2. The summed E-state index contributed by atoms with van der Waals surface area (Å²) in [6, 6.07) is 18.0. The zero-order valence-electron chi connectivity index (χ0n) is 27.8. The quantitative estimate of drug-likeness (QED) is 0.279. The van der Waals surface area contributed by atoms with Gasteiger partial charge in [-0.3, -0.25) is 19.5 Å². The molecule has 0 radical (unpaired) electrons. The smallest absolute Gasteiger partial charge is 0.391 e. The predicted molar refractivity (Wildman–Crippen MR) is 181 cm³/mol. The van der Waals surface area contributed by atoms with Crippen molar-refractivity contribution in [3.8, 4) is 0 Å². The molecule has 260 valence electrons. The van der Waals surface area contributed by atoms with Crippen LogP contribution in [0.3, 0.4) is 0 Å². The highest BCUT2D eigenvalue weighted by molar-refractivity contribution is 5.98. The van der Waals surface area contributed by atoms with Gasteiger partial charge in [0, 0.05) is 54.4 Å². The summed E-state index contributed by atoms with van der Waals surface area (Å²) in [6.07, 6.45) is 4.58. The second-order valence-corrected chi connectivity index (χ2v) is 13.4. The van der Waals surface area contributed by atoms with Crippen molar-refractivity contribution in [2.45, 2.75) is 76.0 Å². The molecule has 11 heteroatoms. The van der Waals surface area contributed by atoms with Crippen LogP contribution in [0.1, 0.15) is 76.9 Å². The molecule has 1 atom stereocenters. The second kappa shape index (κ2) is 16.7. The van der Waals surface area contributed by atoms with Gasteiger partial charge in [-0.15, -0.1) is 0 Å². The normalized spacial score (nSPS) is 19.6. The van der Waals surface area contributed by atoms with E-state index in [-0.39, 0.29) is 18.4 Å². The monoisotopic (exact) mass is 667 g/mol. The van der Waals surface area contributed by atoms with Crippen LogP contribution >= 0.6 is 0 Å². The molecule has 0 spiro atoms. The van der Waals surface area contributed by atoms with Gasteiger partial charge >= 0.3 is 6.18 Å². The summed E-state index contributed by atoms with van der Waals surface area (Å²) in [5.74, 6) is -0.939. The van der Waals surface area contributed by atoms with Crippen molar-refractivity contribution in [2.24, 2.45) is 5.92 Å². The minimum absolute atomic E-state index is 0.0187. The molecular weight excluding hydrogens is 619 g/mol. The van der Waals surface area contributed by atoms with Crippen LogP contribution in [0, 0.1) is 5.92 Å². The molecular formula is C37H48F3N5O3. The van der Waals surface area contributed by atoms with Gasteiger partial charge in [0.2, 0.25) is 0 Å². The lowest BCUT2D eigenvalue weighted by molar-refractivity contribution is -0.147. The van der Waals surface area contributed by atoms with Gasteiger partial charge in [0.15, 0.2) is 0 Å². The molecule has 2 aliphatic heterocycles. The molecule has 1 unspecified atom stereocenters. The number of likely N-dealkylation sites (N-methyl/N-ethyl adjacent to an activating group) is 1. The summed E-state index contributed by atoms with van der Waals surface area (Å²) >= 11 is 0. The first-order valence-corrected chi connectivity index (χ1v) is 17.3. The van der Waals surface area contributed by atoms with E-state index in [1.54, 1.807) is 0 Å². The maximum absolute atomic E-state index is 12.5. The molecule has 2 aromatic carbocycles. The molecule has 3 N–H and O–H groups in total. The van der Waals surface area contributed by atoms with E-state index in [1.165, 1.54) is 24.1 Å². The Morgan fingerprint density at radius 2 is 1.69 bits per heavy atom. The largest absolute Gasteiger partial charge is 0.395 e. The number of pyridine rings is 1. The van der Waals surface area contributed by atoms with Gasteiger partial charge in [0.1, 0.15) is 0 Å². The summed E-state index contributed by atoms with van der Waals surface area (Å²) in [4.78, 5) is 33.4. The van der Waals surface area contributed by atoms with Crippen LogP contribution < -0.4 is 10.6 Å². The summed E-state index contributed by atoms with van der Waals surface area (Å²) < 4.78 is 33.7. The summed E-state index contributed by atoms with van der Waals surface area (Å²) in [7, 11) is 2.05. The number of halogens is 3. The van der Waals surface area contributed by atoms with Gasteiger partial charge < -0.3 is 20.6 Å². The van der Waals surface area contributed by atoms with E-state index in [4.69, 9.17) is 4.98 Å². The average molecular weight is 668 g/mol. The summed E-state index contributed by atoms with van der Waals surface area (Å²) in [6.45, 7) is 4.80. The third kappa shape index (κ3) is 10.2. The van der Waals surface area contributed by atoms with E-state index in [0.717, 1.165) is 74.7 Å². The SMILES string of the molecule is CN1CC(NC(=O)c2ccccc2)C1.FC(F)(F)C1CC1.O=C(NCCCN1CCCC1CO)c1ccc2nc3c(cc2c1)CCCC3. The third-order valence-electron chi connectivity index (χ3n) is 9.45. The number of aliphatic hydroxyl groups is 1. The van der Waals surface area contributed by atoms with Crippen molar-refractivity contribution in [3.63, 3.8) is 0 Å². The van der Waals surface area contributed by atoms with E-state index >= 15 is 0 Å². The number of hydrogen-bond acceptors (Lipinski definition) is 6. The zero-order chi connectivity index (χ0) is 34.1. The van der Waals surface area contributed by atoms with Crippen molar-refractivity contribution >= 4 is 22.7 Å². The Bertz CT molecular complexity index is 1510. The predicted octanol–water partition coefficient (Wildman–Crippen LogP) is 5.38. The number of carbonyl (C=O) groups excluding carboxylic acids is 2. The van der Waals surface area contributed by atoms with E-state index in [1.807, 2.05) is 55.6 Å². The molecule has 1 saturated carbocycles. The van der Waals surface area contributed by atoms with Gasteiger partial charge in [0.25, 0.3) is 11.8 Å². The fourth-order valence-electron chi connectivity index (χ4n) is 6.48. The molecule has 0 bridgehead atoms. The molecule has 4 aliphatic rings. The Balaban J connectivity index is 0.000000177. The number of nitrogens with one attached hydrogen (secondary N) is 2. The van der Waals surface area contributed by atoms with Crippen molar-refractivity contribution in [3.05, 3.63) is 77.0 Å². The van der Waals surface area contributed by atoms with Gasteiger partial charge in [-0.25, -0.2) is 0 Å². The highest BCUT2D eigenvalue weighted by Gasteiger charge is 2.46. The van der Waals surface area contributed by atoms with Gasteiger partial charge in [-0.05, 0) is 113 Å². The minimum atomic E-state index is -3.89. The number of benzene rings is 2. The lowest BCUT2D eigenvalue weighted by Gasteiger charge is -2.36. The Morgan fingerprint density at radius 3 is 2.35 bits per heavy atom. The van der Waals surface area contributed by atoms with Crippen LogP contribution in [0.2, 0.25) is 0 Å². The number of amides is 2. The molecule has 2 saturated heterocycles. The van der Waals surface area contributed by atoms with E-state index in [2.05, 4.69) is 26.5 Å². The summed E-state index contributed by atoms with van der Waals surface area (Å²) in [5, 5.41) is 16.5. The number of fused-ring (bicyclic) bond motifs is 2. The number of rotatable bonds is 8. The molecule has 2 amide bonds. The van der Waals surface area contributed by atoms with Crippen LogP contribution in [0.5, 0.6) is 0 Å². The van der Waals surface area contributed by atoms with E-state index in [0.29, 0.717) is 37.0 Å². The van der Waals surface area contributed by atoms with Gasteiger partial charge in [-0.1, -0.05) is 18.2 Å². The second-order valence-electron chi connectivity index (χ2n) is 13.4. The fourth-order valence-corrected chi connectivity index (χ4v) is 6.48. The van der Waals surface area contributed by atoms with Crippen molar-refractivity contribution in [2.75, 3.05) is 46.4 Å². The molecule has 7 rings (SSSR count). The van der Waals surface area contributed by atoms with Crippen LogP contribution in [0.4, 0.5) is 13.2 Å². The zero-order valence-corrected chi connectivity index (χ0v) is 27.8. The number of alkyl halides is 3. The third-order valence-corrected chi connectivity index (χ3v) is 9.45. The first-order chi connectivity index (χ1) is 23.1. The molecule has 48 heavy (non-hydrogen) atoms. The maximum atomic E-state index is 12.5. The van der Waals surface area contributed by atoms with Crippen LogP contribution in [-0.4, -0.2) is 96.3 Å². The first kappa shape index (κ1) is 35.8. The Hall–Kier alpha value is -3.54. The van der Waals surface area contributed by atoms with Crippen molar-refractivity contribution in [1.29, 1.82) is 0 Å². The standard InChI is InChI=1S/C22H29N3O2.C11H14N2O.C4H5F3/c26-15-19-6-3-11-25(19)12-4-10-23-22(27)17-8-9-21-18(14-17)13-16-5-1-2-7-20(16)24-21;1-13-7-10(8-13)12-11(14)9-5-3-2-4-6-9;5-4(6,7)3-1-2-3/h8-9,13-14,19,26H,1-7,10-12,15H2,(H,23,27);2-6,10H,7-8H2,1H3,(H,12,14);3H,1-2H2. The highest BCUT2D eigenvalue weighted by Crippen LogP contribution is 2.43. The topological polar surface area (TPSA) is 97.8 Å². The number of nitrogens with zero attached hydrogens (tertiary/aromatic N) is 3. The average Bonchev–Trinajstić information content (AvgIpc) is 3.85. The molecule has 3 fully saturated rings. The molecule has 3 aromatic rings. The summed E-state index contributed by atoms with van der Waals surface area (Å²) in [5.41, 5.74) is 5.00. The van der Waals surface area contributed by atoms with Crippen molar-refractivity contribution < 1.29 is 27.9 Å². The Morgan fingerprint density at radius 1 is 0.938 bits per heavy atom. The van der Waals surface area contributed by atoms with Gasteiger partial charge in [-0.2, -0.15) is 13.2 Å². The highest BCUT2D eigenvalue weighted by atomic mass is 19.4. The fraction of sp³-hybridized carbons (Fsp3) is 0.541. The molecule has 3 heterocycles. The van der Waals surface area contributed by atoms with Crippen LogP contribution in [0.15, 0.2) is 54.6 Å². The van der Waals surface area contributed by atoms with Crippen molar-refractivity contribution in [1.82, 2.24) is 25.4 Å². The number of aromatic nitrogens is 1. The number of aliphatic hydroxyl groups excluding tert-OH is 1. The van der Waals surface area contributed by atoms with Crippen LogP contribution in [0.25, 0.3) is 10.9 Å². The lowest BCUT2D eigenvalue weighted by atomic mass is 9.94. The Kier molecular flexibility index (Phi) is 12.5. The van der Waals surface area contributed by atoms with E-state index < -0.39 is 12.1 Å². The molecule has 2 aliphatic carbocycles. The van der Waals surface area contributed by atoms with Crippen LogP contribution in [-0.2, 0) is 12.8 Å². The number of hydrogen-bond donors (Lipinski definition) is 3. The Labute approximate surface area is 281 Å². The lowest BCUT2D eigenvalue weighted by Crippen LogP contribution is -2.57. The maximum Gasteiger partial charge on any atom is 0.391 e. The molecule has 1 aromatic heterocycles. The van der Waals surface area contributed by atoms with Gasteiger partial charge in [0.05, 0.1) is 24.1 Å².